The summed E-state index contributed by atoms with van der Waals surface area (Å²) in [6.07, 6.45) is 1.36. The van der Waals surface area contributed by atoms with E-state index in [1.165, 1.54) is 18.3 Å². The van der Waals surface area contributed by atoms with Crippen LogP contribution in [0.4, 0.5) is 11.6 Å². The van der Waals surface area contributed by atoms with E-state index >= 15 is 0 Å². The first-order chi connectivity index (χ1) is 9.29. The Kier molecular flexibility index (Phi) is 3.82. The van der Waals surface area contributed by atoms with Gasteiger partial charge in [0, 0.05) is 6.20 Å². The van der Waals surface area contributed by atoms with Crippen LogP contribution in [0.15, 0.2) is 29.3 Å². The molecule has 0 saturated heterocycles. The second-order valence-electron chi connectivity index (χ2n) is 4.28. The molecule has 0 radical (unpaired) electrons. The molecule has 1 aromatic heterocycles. The predicted octanol–water partition coefficient (Wildman–Crippen LogP) is 2.13. The van der Waals surface area contributed by atoms with E-state index in [1.807, 2.05) is 13.8 Å². The largest absolute Gasteiger partial charge is 0.398 e. The van der Waals surface area contributed by atoms with Crippen molar-refractivity contribution < 1.29 is 8.42 Å². The summed E-state index contributed by atoms with van der Waals surface area (Å²) < 4.78 is 26.8. The third-order valence-electron chi connectivity index (χ3n) is 2.76. The van der Waals surface area contributed by atoms with Gasteiger partial charge in [0.2, 0.25) is 5.95 Å². The lowest BCUT2D eigenvalue weighted by Crippen LogP contribution is -2.17. The minimum absolute atomic E-state index is 0.0100. The van der Waals surface area contributed by atoms with Crippen molar-refractivity contribution in [3.63, 3.8) is 0 Å². The Morgan fingerprint density at radius 2 is 1.90 bits per heavy atom. The van der Waals surface area contributed by atoms with Gasteiger partial charge in [-0.15, -0.1) is 0 Å². The van der Waals surface area contributed by atoms with Crippen molar-refractivity contribution in [2.24, 2.45) is 0 Å². The number of nitrogens with two attached hydrogens (primary N) is 1. The minimum atomic E-state index is -3.86. The molecule has 0 atom stereocenters. The van der Waals surface area contributed by atoms with Crippen LogP contribution >= 0.6 is 11.6 Å². The van der Waals surface area contributed by atoms with Gasteiger partial charge in [-0.2, -0.15) is 0 Å². The molecular weight excluding hydrogens is 300 g/mol. The van der Waals surface area contributed by atoms with Gasteiger partial charge in [-0.05, 0) is 43.2 Å². The van der Waals surface area contributed by atoms with Crippen LogP contribution in [0.2, 0.25) is 5.15 Å². The number of aryl methyl sites for hydroxylation is 2. The molecule has 106 valence electrons. The number of nitrogens with one attached hydrogen (secondary N) is 1. The maximum atomic E-state index is 12.3. The molecule has 0 amide bonds. The zero-order chi connectivity index (χ0) is 14.9. The smallest absolute Gasteiger partial charge is 0.266 e. The van der Waals surface area contributed by atoms with E-state index in [9.17, 15) is 8.42 Å². The van der Waals surface area contributed by atoms with E-state index in [2.05, 4.69) is 14.7 Å². The van der Waals surface area contributed by atoms with Crippen molar-refractivity contribution in [2.75, 3.05) is 10.5 Å². The average Bonchev–Trinajstić information content (AvgIpc) is 2.33. The fourth-order valence-corrected chi connectivity index (χ4v) is 2.89. The van der Waals surface area contributed by atoms with Crippen molar-refractivity contribution in [3.05, 3.63) is 40.7 Å². The monoisotopic (exact) mass is 312 g/mol. The quantitative estimate of drug-likeness (QED) is 0.668. The van der Waals surface area contributed by atoms with Gasteiger partial charge in [0.25, 0.3) is 10.0 Å². The number of halogens is 1. The third kappa shape index (κ3) is 3.00. The fraction of sp³-hybridized carbons (Fsp3) is 0.167. The topological polar surface area (TPSA) is 98.0 Å². The highest BCUT2D eigenvalue weighted by Gasteiger charge is 2.19. The zero-order valence-corrected chi connectivity index (χ0v) is 12.5. The highest BCUT2D eigenvalue weighted by atomic mass is 35.5. The Labute approximate surface area is 122 Å². The van der Waals surface area contributed by atoms with Crippen LogP contribution in [-0.2, 0) is 10.0 Å². The summed E-state index contributed by atoms with van der Waals surface area (Å²) in [7, 11) is -3.86. The fourth-order valence-electron chi connectivity index (χ4n) is 1.61. The number of sulfonamides is 1. The molecule has 6 nitrogen and oxygen atoms in total. The lowest BCUT2D eigenvalue weighted by atomic mass is 10.1. The number of nitrogen functional groups attached to an aromatic ring is 1. The third-order valence-corrected chi connectivity index (χ3v) is 4.36. The van der Waals surface area contributed by atoms with Gasteiger partial charge >= 0.3 is 0 Å². The van der Waals surface area contributed by atoms with Crippen LogP contribution in [0.1, 0.15) is 11.1 Å². The van der Waals surface area contributed by atoms with Gasteiger partial charge in [0.1, 0.15) is 10.0 Å². The molecule has 2 rings (SSSR count). The number of nitrogens with zero attached hydrogens (tertiary/aromatic N) is 2. The Morgan fingerprint density at radius 3 is 2.55 bits per heavy atom. The average molecular weight is 313 g/mol. The van der Waals surface area contributed by atoms with Gasteiger partial charge in [0.05, 0.1) is 5.69 Å². The molecule has 0 unspecified atom stereocenters. The summed E-state index contributed by atoms with van der Waals surface area (Å²) in [5.74, 6) is -0.102. The molecule has 0 aliphatic carbocycles. The molecule has 20 heavy (non-hydrogen) atoms. The molecule has 0 aliphatic heterocycles. The maximum Gasteiger partial charge on any atom is 0.266 e. The molecule has 0 bridgehead atoms. The van der Waals surface area contributed by atoms with E-state index in [-0.39, 0.29) is 21.7 Å². The summed E-state index contributed by atoms with van der Waals surface area (Å²) in [4.78, 5) is 7.56. The van der Waals surface area contributed by atoms with Crippen molar-refractivity contribution in [1.82, 2.24) is 9.97 Å². The van der Waals surface area contributed by atoms with Crippen molar-refractivity contribution >= 4 is 33.3 Å². The molecule has 2 aromatic rings. The number of hydrogen-bond acceptors (Lipinski definition) is 5. The van der Waals surface area contributed by atoms with E-state index in [0.29, 0.717) is 0 Å². The minimum Gasteiger partial charge on any atom is -0.398 e. The second kappa shape index (κ2) is 5.26. The highest BCUT2D eigenvalue weighted by Crippen LogP contribution is 2.24. The van der Waals surface area contributed by atoms with Gasteiger partial charge in [-0.3, -0.25) is 0 Å². The lowest BCUT2D eigenvalue weighted by Gasteiger charge is -2.11. The van der Waals surface area contributed by atoms with Gasteiger partial charge in [-0.1, -0.05) is 11.6 Å². The van der Waals surface area contributed by atoms with E-state index in [4.69, 9.17) is 17.3 Å². The Hall–Kier alpha value is -1.86. The van der Waals surface area contributed by atoms with Crippen molar-refractivity contribution in [3.8, 4) is 0 Å². The Balaban J connectivity index is 2.43. The summed E-state index contributed by atoms with van der Waals surface area (Å²) in [6.45, 7) is 3.67. The first kappa shape index (κ1) is 14.5. The summed E-state index contributed by atoms with van der Waals surface area (Å²) in [5.41, 5.74) is 7.69. The van der Waals surface area contributed by atoms with E-state index < -0.39 is 10.0 Å². The Morgan fingerprint density at radius 1 is 1.25 bits per heavy atom. The summed E-state index contributed by atoms with van der Waals surface area (Å²) in [5, 5.41) is 0.144. The lowest BCUT2D eigenvalue weighted by molar-refractivity contribution is 0.601. The molecule has 8 heteroatoms. The number of anilines is 2. The number of benzene rings is 1. The van der Waals surface area contributed by atoms with Crippen LogP contribution in [-0.4, -0.2) is 18.4 Å². The number of rotatable bonds is 3. The van der Waals surface area contributed by atoms with Gasteiger partial charge in [0.15, 0.2) is 0 Å². The van der Waals surface area contributed by atoms with E-state index in [1.54, 1.807) is 6.07 Å². The first-order valence-corrected chi connectivity index (χ1v) is 7.54. The normalized spacial score (nSPS) is 11.3. The van der Waals surface area contributed by atoms with Gasteiger partial charge in [-0.25, -0.2) is 23.1 Å². The number of aromatic nitrogens is 2. The standard InChI is InChI=1S/C12H13ClN4O2S/c1-7-5-9(14)10(6-8(7)2)20(18,19)17-12-15-4-3-11(13)16-12/h3-6H,14H2,1-2H3,(H,15,16,17). The van der Waals surface area contributed by atoms with Crippen LogP contribution < -0.4 is 10.5 Å². The van der Waals surface area contributed by atoms with Crippen molar-refractivity contribution in [1.29, 1.82) is 0 Å². The summed E-state index contributed by atoms with van der Waals surface area (Å²) in [6, 6.07) is 4.57. The molecule has 0 spiro atoms. The SMILES string of the molecule is Cc1cc(N)c(S(=O)(=O)Nc2nccc(Cl)n2)cc1C. The van der Waals surface area contributed by atoms with Crippen LogP contribution in [0.5, 0.6) is 0 Å². The predicted molar refractivity (Wildman–Crippen MR) is 78.2 cm³/mol. The molecule has 1 heterocycles. The van der Waals surface area contributed by atoms with Gasteiger partial charge < -0.3 is 5.73 Å². The highest BCUT2D eigenvalue weighted by molar-refractivity contribution is 7.92. The molecule has 0 aliphatic rings. The zero-order valence-electron chi connectivity index (χ0n) is 10.9. The Bertz CT molecular complexity index is 762. The van der Waals surface area contributed by atoms with Crippen LogP contribution in [0, 0.1) is 13.8 Å². The maximum absolute atomic E-state index is 12.3. The van der Waals surface area contributed by atoms with Crippen molar-refractivity contribution in [2.45, 2.75) is 18.7 Å². The second-order valence-corrected chi connectivity index (χ2v) is 6.32. The van der Waals surface area contributed by atoms with Crippen LogP contribution in [0.3, 0.4) is 0 Å². The molecular formula is C12H13ClN4O2S. The molecule has 0 fully saturated rings. The summed E-state index contributed by atoms with van der Waals surface area (Å²) >= 11 is 5.69. The number of hydrogen-bond donors (Lipinski definition) is 2. The first-order valence-electron chi connectivity index (χ1n) is 5.67. The molecule has 0 saturated carbocycles. The van der Waals surface area contributed by atoms with E-state index in [0.717, 1.165) is 11.1 Å². The molecule has 3 N–H and O–H groups in total. The molecule has 1 aromatic carbocycles. The van der Waals surface area contributed by atoms with Crippen LogP contribution in [0.25, 0.3) is 0 Å².